The first-order chi connectivity index (χ1) is 6.74. The van der Waals surface area contributed by atoms with Gasteiger partial charge in [0.2, 0.25) is 0 Å². The van der Waals surface area contributed by atoms with Gasteiger partial charge in [0.05, 0.1) is 6.61 Å². The monoisotopic (exact) mass is 284 g/mol. The summed E-state index contributed by atoms with van der Waals surface area (Å²) < 4.78 is 0. The van der Waals surface area contributed by atoms with Crippen LogP contribution in [0.15, 0.2) is 30.3 Å². The van der Waals surface area contributed by atoms with Crippen molar-refractivity contribution in [3.8, 4) is 0 Å². The summed E-state index contributed by atoms with van der Waals surface area (Å²) in [5.74, 6) is 0. The Bertz CT molecular complexity index is 223. The van der Waals surface area contributed by atoms with Crippen LogP contribution in [0.2, 0.25) is 0 Å². The number of aliphatic hydroxyl groups is 1. The van der Waals surface area contributed by atoms with Crippen LogP contribution in [0.1, 0.15) is 5.56 Å². The summed E-state index contributed by atoms with van der Waals surface area (Å²) >= 11 is 0.757. The van der Waals surface area contributed by atoms with E-state index in [0.717, 1.165) is 19.6 Å². The number of hydrogen-bond acceptors (Lipinski definition) is 2. The maximum atomic E-state index is 8.67. The van der Waals surface area contributed by atoms with Crippen molar-refractivity contribution >= 4 is 20.2 Å². The van der Waals surface area contributed by atoms with Crippen molar-refractivity contribution in [3.63, 3.8) is 0 Å². The van der Waals surface area contributed by atoms with E-state index in [4.69, 9.17) is 10.8 Å². The molecule has 1 unspecified atom stereocenters. The summed E-state index contributed by atoms with van der Waals surface area (Å²) in [5.41, 5.74) is 6.73. The molecule has 85 valence electrons. The zero-order valence-corrected chi connectivity index (χ0v) is 9.91. The van der Waals surface area contributed by atoms with E-state index < -0.39 is 0 Å². The first-order valence-corrected chi connectivity index (χ1v) is 6.55. The van der Waals surface area contributed by atoms with Crippen LogP contribution < -0.4 is 5.73 Å². The standard InChI is InChI=1S/C9H13NO.2ClH.Cu/c10-9(7-11)6-8-4-2-1-3-5-8;;;/h1-5,9,11H,6-7,10H2;2*1H;/q;;;+2/p-2. The van der Waals surface area contributed by atoms with Crippen molar-refractivity contribution < 1.29 is 18.2 Å². The molecule has 0 aliphatic heterocycles. The van der Waals surface area contributed by atoms with Gasteiger partial charge < -0.3 is 10.8 Å². The van der Waals surface area contributed by atoms with Crippen molar-refractivity contribution in [2.24, 2.45) is 5.73 Å². The molecule has 0 bridgehead atoms. The topological polar surface area (TPSA) is 46.2 Å². The van der Waals surface area contributed by atoms with Gasteiger partial charge in [-0.05, 0) is 12.0 Å². The van der Waals surface area contributed by atoms with Crippen molar-refractivity contribution in [2.45, 2.75) is 12.5 Å². The van der Waals surface area contributed by atoms with E-state index in [1.165, 1.54) is 5.56 Å². The van der Waals surface area contributed by atoms with Crippen molar-refractivity contribution in [2.75, 3.05) is 6.61 Å². The van der Waals surface area contributed by atoms with Crippen LogP contribution in [0, 0.1) is 0 Å². The molecule has 0 aliphatic carbocycles. The molecule has 2 nitrogen and oxygen atoms in total. The second-order valence-corrected chi connectivity index (χ2v) is 4.23. The van der Waals surface area contributed by atoms with Gasteiger partial charge in [-0.15, -0.1) is 0 Å². The fourth-order valence-electron chi connectivity index (χ4n) is 0.981. The van der Waals surface area contributed by atoms with Crippen LogP contribution in [0.25, 0.3) is 0 Å². The Morgan fingerprint density at radius 2 is 1.79 bits per heavy atom. The fraction of sp³-hybridized carbons (Fsp3) is 0.333. The first-order valence-electron chi connectivity index (χ1n) is 3.96. The molecule has 14 heavy (non-hydrogen) atoms. The maximum absolute atomic E-state index is 8.67. The number of nitrogens with two attached hydrogens (primary N) is 1. The molecule has 0 saturated heterocycles. The van der Waals surface area contributed by atoms with Gasteiger partial charge >= 0.3 is 33.3 Å². The number of hydrogen-bond donors (Lipinski definition) is 2. The number of benzene rings is 1. The molecule has 0 radical (unpaired) electrons. The quantitative estimate of drug-likeness (QED) is 0.834. The van der Waals surface area contributed by atoms with Crippen LogP contribution in [0.5, 0.6) is 0 Å². The number of rotatable bonds is 3. The van der Waals surface area contributed by atoms with Crippen molar-refractivity contribution in [1.29, 1.82) is 0 Å². The molecule has 0 aliphatic rings. The average molecular weight is 286 g/mol. The molecule has 0 aromatic heterocycles. The third kappa shape index (κ3) is 7.63. The SMILES string of the molecule is NC(CO)Cc1ccccc1.[Cl][Cu][Cl]. The Morgan fingerprint density at radius 1 is 1.29 bits per heavy atom. The van der Waals surface area contributed by atoms with Crippen LogP contribution in [-0.2, 0) is 19.6 Å². The van der Waals surface area contributed by atoms with Crippen molar-refractivity contribution in [1.82, 2.24) is 0 Å². The average Bonchev–Trinajstić information content (AvgIpc) is 2.20. The van der Waals surface area contributed by atoms with E-state index in [1.54, 1.807) is 0 Å². The van der Waals surface area contributed by atoms with Gasteiger partial charge in [-0.2, -0.15) is 0 Å². The minimum absolute atomic E-state index is 0.0505. The third-order valence-electron chi connectivity index (χ3n) is 1.58. The second kappa shape index (κ2) is 9.78. The summed E-state index contributed by atoms with van der Waals surface area (Å²) in [5, 5.41) is 8.67. The summed E-state index contributed by atoms with van der Waals surface area (Å²) in [6, 6.07) is 9.80. The van der Waals surface area contributed by atoms with Crippen LogP contribution in [0.3, 0.4) is 0 Å². The van der Waals surface area contributed by atoms with Gasteiger partial charge in [0.15, 0.2) is 0 Å². The van der Waals surface area contributed by atoms with E-state index in [1.807, 2.05) is 30.3 Å². The molecule has 0 saturated carbocycles. The molecule has 3 N–H and O–H groups in total. The van der Waals surface area contributed by atoms with Gasteiger partial charge in [-0.25, -0.2) is 0 Å². The Kier molecular flexibility index (Phi) is 9.95. The number of aliphatic hydroxyl groups excluding tert-OH is 1. The molecule has 0 heterocycles. The van der Waals surface area contributed by atoms with Crippen molar-refractivity contribution in [3.05, 3.63) is 35.9 Å². The molecular formula is C9H13Cl2CuNO. The van der Waals surface area contributed by atoms with E-state index in [9.17, 15) is 0 Å². The molecule has 5 heteroatoms. The molecule has 1 rings (SSSR count). The Balaban J connectivity index is 0.000000500. The summed E-state index contributed by atoms with van der Waals surface area (Å²) in [6.45, 7) is 0.0505. The minimum atomic E-state index is -0.127. The molecular weight excluding hydrogens is 273 g/mol. The molecule has 0 spiro atoms. The van der Waals surface area contributed by atoms with Gasteiger partial charge in [-0.3, -0.25) is 0 Å². The summed E-state index contributed by atoms with van der Waals surface area (Å²) in [7, 11) is 9.34. The third-order valence-corrected chi connectivity index (χ3v) is 1.58. The Morgan fingerprint density at radius 3 is 2.21 bits per heavy atom. The molecule has 1 atom stereocenters. The molecule has 0 fully saturated rings. The van der Waals surface area contributed by atoms with E-state index in [2.05, 4.69) is 20.2 Å². The van der Waals surface area contributed by atoms with Gasteiger partial charge in [0.1, 0.15) is 0 Å². The van der Waals surface area contributed by atoms with Gasteiger partial charge in [-0.1, -0.05) is 30.3 Å². The van der Waals surface area contributed by atoms with E-state index >= 15 is 0 Å². The zero-order valence-electron chi connectivity index (χ0n) is 7.46. The van der Waals surface area contributed by atoms with Gasteiger partial charge in [0.25, 0.3) is 0 Å². The first kappa shape index (κ1) is 14.2. The zero-order chi connectivity index (χ0) is 10.8. The van der Waals surface area contributed by atoms with Gasteiger partial charge in [0, 0.05) is 6.04 Å². The van der Waals surface area contributed by atoms with E-state index in [-0.39, 0.29) is 12.6 Å². The van der Waals surface area contributed by atoms with Crippen LogP contribution in [0.4, 0.5) is 0 Å². The second-order valence-electron chi connectivity index (χ2n) is 2.68. The molecule has 0 amide bonds. The van der Waals surface area contributed by atoms with E-state index in [0.29, 0.717) is 0 Å². The predicted molar refractivity (Wildman–Crippen MR) is 56.9 cm³/mol. The molecule has 1 aromatic carbocycles. The fourth-order valence-corrected chi connectivity index (χ4v) is 0.981. The summed E-state index contributed by atoms with van der Waals surface area (Å²) in [6.07, 6.45) is 0.747. The Hall–Kier alpha value is 0.239. The number of halogens is 2. The Labute approximate surface area is 99.0 Å². The van der Waals surface area contributed by atoms with Crippen LogP contribution >= 0.6 is 20.2 Å². The van der Waals surface area contributed by atoms with Crippen LogP contribution in [-0.4, -0.2) is 17.8 Å². The summed E-state index contributed by atoms with van der Waals surface area (Å²) in [4.78, 5) is 0. The molecule has 1 aromatic rings. The predicted octanol–water partition coefficient (Wildman–Crippen LogP) is 1.93. The normalized spacial score (nSPS) is 11.7.